The van der Waals surface area contributed by atoms with Crippen molar-refractivity contribution in [2.24, 2.45) is 0 Å². The number of tetrazole rings is 1. The van der Waals surface area contributed by atoms with E-state index in [-0.39, 0.29) is 17.8 Å². The molecule has 27 heavy (non-hydrogen) atoms. The van der Waals surface area contributed by atoms with Crippen LogP contribution < -0.4 is 10.1 Å². The van der Waals surface area contributed by atoms with Crippen molar-refractivity contribution >= 4 is 11.6 Å². The Morgan fingerprint density at radius 3 is 2.93 bits per heavy atom. The molecule has 138 valence electrons. The molecular weight excluding hydrogens is 349 g/mol. The molecule has 0 spiro atoms. The number of hydrogen-bond donors (Lipinski definition) is 1. The van der Waals surface area contributed by atoms with Gasteiger partial charge >= 0.3 is 0 Å². The number of carbonyl (C=O) groups is 1. The predicted octanol–water partition coefficient (Wildman–Crippen LogP) is 3.00. The highest BCUT2D eigenvalue weighted by molar-refractivity contribution is 5.98. The fourth-order valence-corrected chi connectivity index (χ4v) is 3.08. The summed E-state index contributed by atoms with van der Waals surface area (Å²) in [7, 11) is 0. The third-order valence-corrected chi connectivity index (χ3v) is 4.40. The second-order valence-electron chi connectivity index (χ2n) is 6.64. The van der Waals surface area contributed by atoms with Gasteiger partial charge in [-0.05, 0) is 54.6 Å². The van der Waals surface area contributed by atoms with Gasteiger partial charge in [0.15, 0.2) is 11.9 Å². The molecule has 8 heteroatoms. The van der Waals surface area contributed by atoms with E-state index in [1.54, 1.807) is 16.8 Å². The molecule has 0 fully saturated rings. The normalized spacial score (nSPS) is 15.5. The molecule has 1 aromatic heterocycles. The maximum absolute atomic E-state index is 13.4. The van der Waals surface area contributed by atoms with Crippen LogP contribution in [-0.2, 0) is 11.2 Å². The first-order valence-electron chi connectivity index (χ1n) is 8.66. The Balaban J connectivity index is 1.57. The number of nitrogens with zero attached hydrogens (tertiary/aromatic N) is 4. The summed E-state index contributed by atoms with van der Waals surface area (Å²) in [6, 6.07) is 11.6. The van der Waals surface area contributed by atoms with Gasteiger partial charge in [-0.15, -0.1) is 5.10 Å². The number of ether oxygens (including phenoxy) is 1. The Hall–Kier alpha value is -3.29. The summed E-state index contributed by atoms with van der Waals surface area (Å²) < 4.78 is 20.7. The Bertz CT molecular complexity index is 1000. The monoisotopic (exact) mass is 367 g/mol. The van der Waals surface area contributed by atoms with E-state index in [0.717, 1.165) is 0 Å². The zero-order valence-corrected chi connectivity index (χ0v) is 14.9. The molecule has 1 unspecified atom stereocenters. The molecule has 0 bridgehead atoms. The molecule has 1 aliphatic heterocycles. The minimum atomic E-state index is -0.712. The molecule has 1 amide bonds. The summed E-state index contributed by atoms with van der Waals surface area (Å²) in [6.45, 7) is 3.95. The molecule has 2 heterocycles. The van der Waals surface area contributed by atoms with Crippen LogP contribution in [0.4, 0.5) is 10.1 Å². The van der Waals surface area contributed by atoms with Gasteiger partial charge in [-0.2, -0.15) is 0 Å². The molecule has 0 radical (unpaired) electrons. The number of anilines is 1. The van der Waals surface area contributed by atoms with Crippen molar-refractivity contribution in [2.45, 2.75) is 32.4 Å². The fourth-order valence-electron chi connectivity index (χ4n) is 3.08. The van der Waals surface area contributed by atoms with Crippen LogP contribution >= 0.6 is 0 Å². The topological polar surface area (TPSA) is 81.9 Å². The average Bonchev–Trinajstić information content (AvgIpc) is 3.28. The van der Waals surface area contributed by atoms with Crippen molar-refractivity contribution in [1.82, 2.24) is 20.2 Å². The van der Waals surface area contributed by atoms with Gasteiger partial charge in [0.25, 0.3) is 5.91 Å². The number of halogens is 1. The maximum atomic E-state index is 13.4. The number of aromatic nitrogens is 4. The minimum Gasteiger partial charge on any atom is -0.480 e. The highest BCUT2D eigenvalue weighted by atomic mass is 19.1. The van der Waals surface area contributed by atoms with E-state index >= 15 is 0 Å². The number of amides is 1. The Morgan fingerprint density at radius 1 is 1.30 bits per heavy atom. The number of carbonyl (C=O) groups excluding carboxylic acids is 1. The molecule has 3 aromatic rings. The summed E-state index contributed by atoms with van der Waals surface area (Å²) in [5.41, 5.74) is 1.99. The van der Waals surface area contributed by atoms with Crippen LogP contribution in [0.5, 0.6) is 5.75 Å². The Labute approximate surface area is 155 Å². The SMILES string of the molecule is CC(C)n1nnnc1-c1ccccc1NC(=O)C1Cc2cc(F)ccc2O1. The third kappa shape index (κ3) is 3.25. The number of nitrogens with one attached hydrogen (secondary N) is 1. The lowest BCUT2D eigenvalue weighted by Crippen LogP contribution is -2.31. The van der Waals surface area contributed by atoms with E-state index in [1.165, 1.54) is 12.1 Å². The maximum Gasteiger partial charge on any atom is 0.265 e. The molecule has 1 N–H and O–H groups in total. The standard InChI is InChI=1S/C19H18FN5O2/c1-11(2)25-18(22-23-24-25)14-5-3-4-6-15(14)21-19(26)17-10-12-9-13(20)7-8-16(12)27-17/h3-9,11,17H,10H2,1-2H3,(H,21,26). The molecule has 4 rings (SSSR count). The summed E-state index contributed by atoms with van der Waals surface area (Å²) in [6.07, 6.45) is -0.388. The predicted molar refractivity (Wildman–Crippen MR) is 96.8 cm³/mol. The van der Waals surface area contributed by atoms with Gasteiger partial charge in [0, 0.05) is 17.5 Å². The quantitative estimate of drug-likeness (QED) is 0.767. The lowest BCUT2D eigenvalue weighted by atomic mass is 10.1. The zero-order chi connectivity index (χ0) is 19.0. The molecule has 0 saturated heterocycles. The molecule has 7 nitrogen and oxygen atoms in total. The lowest BCUT2D eigenvalue weighted by molar-refractivity contribution is -0.122. The van der Waals surface area contributed by atoms with Crippen LogP contribution in [0, 0.1) is 5.82 Å². The van der Waals surface area contributed by atoms with Gasteiger partial charge in [0.2, 0.25) is 0 Å². The number of fused-ring (bicyclic) bond motifs is 1. The molecule has 2 aromatic carbocycles. The largest absolute Gasteiger partial charge is 0.480 e. The van der Waals surface area contributed by atoms with Crippen molar-refractivity contribution < 1.29 is 13.9 Å². The first kappa shape index (κ1) is 17.1. The summed E-state index contributed by atoms with van der Waals surface area (Å²) in [5, 5.41) is 14.7. The highest BCUT2D eigenvalue weighted by Crippen LogP contribution is 2.31. The molecule has 0 saturated carbocycles. The fraction of sp³-hybridized carbons (Fsp3) is 0.263. The minimum absolute atomic E-state index is 0.0707. The molecule has 1 aliphatic rings. The van der Waals surface area contributed by atoms with Crippen LogP contribution in [0.15, 0.2) is 42.5 Å². The summed E-state index contributed by atoms with van der Waals surface area (Å²) in [4.78, 5) is 12.7. The number of hydrogen-bond acceptors (Lipinski definition) is 5. The smallest absolute Gasteiger partial charge is 0.265 e. The van der Waals surface area contributed by atoms with Crippen molar-refractivity contribution in [3.63, 3.8) is 0 Å². The molecular formula is C19H18FN5O2. The summed E-state index contributed by atoms with van der Waals surface area (Å²) in [5.74, 6) is 0.457. The van der Waals surface area contributed by atoms with Crippen molar-refractivity contribution in [2.75, 3.05) is 5.32 Å². The van der Waals surface area contributed by atoms with E-state index in [2.05, 4.69) is 20.8 Å². The Kier molecular flexibility index (Phi) is 4.31. The number of para-hydroxylation sites is 1. The van der Waals surface area contributed by atoms with Crippen molar-refractivity contribution in [1.29, 1.82) is 0 Å². The van der Waals surface area contributed by atoms with Gasteiger partial charge in [0.1, 0.15) is 11.6 Å². The molecule has 0 aliphatic carbocycles. The summed E-state index contributed by atoms with van der Waals surface area (Å²) >= 11 is 0. The van der Waals surface area contributed by atoms with E-state index in [4.69, 9.17) is 4.74 Å². The number of benzene rings is 2. The van der Waals surface area contributed by atoms with Gasteiger partial charge in [0.05, 0.1) is 11.7 Å². The van der Waals surface area contributed by atoms with Crippen molar-refractivity contribution in [3.8, 4) is 17.1 Å². The van der Waals surface area contributed by atoms with Crippen LogP contribution in [0.1, 0.15) is 25.5 Å². The second kappa shape index (κ2) is 6.79. The zero-order valence-electron chi connectivity index (χ0n) is 14.9. The second-order valence-corrected chi connectivity index (χ2v) is 6.64. The highest BCUT2D eigenvalue weighted by Gasteiger charge is 2.30. The Morgan fingerprint density at radius 2 is 2.11 bits per heavy atom. The first-order chi connectivity index (χ1) is 13.0. The van der Waals surface area contributed by atoms with E-state index < -0.39 is 6.10 Å². The third-order valence-electron chi connectivity index (χ3n) is 4.40. The average molecular weight is 367 g/mol. The van der Waals surface area contributed by atoms with Crippen LogP contribution in [0.25, 0.3) is 11.4 Å². The van der Waals surface area contributed by atoms with Gasteiger partial charge < -0.3 is 10.1 Å². The first-order valence-corrected chi connectivity index (χ1v) is 8.66. The van der Waals surface area contributed by atoms with Gasteiger partial charge in [-0.3, -0.25) is 4.79 Å². The van der Waals surface area contributed by atoms with E-state index in [0.29, 0.717) is 34.8 Å². The molecule has 1 atom stereocenters. The van der Waals surface area contributed by atoms with E-state index in [1.807, 2.05) is 32.0 Å². The van der Waals surface area contributed by atoms with E-state index in [9.17, 15) is 9.18 Å². The van der Waals surface area contributed by atoms with Gasteiger partial charge in [-0.1, -0.05) is 12.1 Å². The van der Waals surface area contributed by atoms with Crippen molar-refractivity contribution in [3.05, 3.63) is 53.8 Å². The van der Waals surface area contributed by atoms with Crippen LogP contribution in [0.3, 0.4) is 0 Å². The van der Waals surface area contributed by atoms with Crippen LogP contribution in [-0.4, -0.2) is 32.2 Å². The number of rotatable bonds is 4. The van der Waals surface area contributed by atoms with Crippen LogP contribution in [0.2, 0.25) is 0 Å². The lowest BCUT2D eigenvalue weighted by Gasteiger charge is -2.15. The van der Waals surface area contributed by atoms with Gasteiger partial charge in [-0.25, -0.2) is 9.07 Å².